The molecule has 1 aliphatic carbocycles. The van der Waals surface area contributed by atoms with Gasteiger partial charge in [-0.25, -0.2) is 4.39 Å². The van der Waals surface area contributed by atoms with Crippen LogP contribution in [0.5, 0.6) is 11.5 Å². The molecule has 1 fully saturated rings. The minimum absolute atomic E-state index is 0.0394. The van der Waals surface area contributed by atoms with Gasteiger partial charge in [0.2, 0.25) is 0 Å². The highest BCUT2D eigenvalue weighted by molar-refractivity contribution is 5.68. The van der Waals surface area contributed by atoms with Crippen molar-refractivity contribution in [3.8, 4) is 22.6 Å². The summed E-state index contributed by atoms with van der Waals surface area (Å²) in [5, 5.41) is 9.43. The average molecular weight is 461 g/mol. The van der Waals surface area contributed by atoms with Crippen LogP contribution in [0.4, 0.5) is 4.39 Å². The fraction of sp³-hybridized carbons (Fsp3) is 0.345. The summed E-state index contributed by atoms with van der Waals surface area (Å²) in [6.07, 6.45) is 5.21. The number of hydrogen-bond acceptors (Lipinski definition) is 3. The van der Waals surface area contributed by atoms with E-state index >= 15 is 0 Å². The van der Waals surface area contributed by atoms with Crippen LogP contribution < -0.4 is 9.47 Å². The Hall–Kier alpha value is -3.34. The van der Waals surface area contributed by atoms with Crippen molar-refractivity contribution >= 4 is 5.97 Å². The molecule has 4 nitrogen and oxygen atoms in total. The number of carbonyl (C=O) groups is 1. The first-order chi connectivity index (χ1) is 16.5. The van der Waals surface area contributed by atoms with E-state index in [2.05, 4.69) is 18.2 Å². The molecule has 0 spiro atoms. The van der Waals surface area contributed by atoms with Crippen LogP contribution in [0.25, 0.3) is 11.1 Å². The lowest BCUT2D eigenvalue weighted by atomic mass is 9.71. The van der Waals surface area contributed by atoms with Gasteiger partial charge in [-0.15, -0.1) is 0 Å². The van der Waals surface area contributed by atoms with Gasteiger partial charge in [0.25, 0.3) is 0 Å². The maximum Gasteiger partial charge on any atom is 0.303 e. The van der Waals surface area contributed by atoms with Crippen LogP contribution in [0.15, 0.2) is 60.7 Å². The molecule has 5 rings (SSSR count). The highest BCUT2D eigenvalue weighted by atomic mass is 19.1. The van der Waals surface area contributed by atoms with Gasteiger partial charge in [0.1, 0.15) is 23.4 Å². The maximum atomic E-state index is 14.4. The van der Waals surface area contributed by atoms with E-state index in [-0.39, 0.29) is 24.3 Å². The Bertz CT molecular complexity index is 1180. The molecule has 0 saturated heterocycles. The van der Waals surface area contributed by atoms with Gasteiger partial charge in [-0.2, -0.15) is 0 Å². The van der Waals surface area contributed by atoms with Gasteiger partial charge in [-0.1, -0.05) is 42.8 Å². The van der Waals surface area contributed by atoms with Crippen molar-refractivity contribution in [3.63, 3.8) is 0 Å². The number of fused-ring (bicyclic) bond motifs is 1. The molecule has 5 heteroatoms. The number of carboxylic acid groups (broad SMARTS) is 1. The number of halogens is 1. The summed E-state index contributed by atoms with van der Waals surface area (Å²) in [7, 11) is 1.57. The molecule has 0 aromatic heterocycles. The third-order valence-corrected chi connectivity index (χ3v) is 7.34. The van der Waals surface area contributed by atoms with Crippen LogP contribution in [0.3, 0.4) is 0 Å². The molecule has 2 atom stereocenters. The third-order valence-electron chi connectivity index (χ3n) is 7.34. The predicted molar refractivity (Wildman–Crippen MR) is 129 cm³/mol. The van der Waals surface area contributed by atoms with Crippen molar-refractivity contribution in [2.24, 2.45) is 5.92 Å². The minimum Gasteiger partial charge on any atom is -0.497 e. The van der Waals surface area contributed by atoms with Crippen LogP contribution in [0, 0.1) is 11.7 Å². The fourth-order valence-corrected chi connectivity index (χ4v) is 5.17. The number of aliphatic carboxylic acids is 1. The van der Waals surface area contributed by atoms with Gasteiger partial charge in [-0.05, 0) is 84.0 Å². The van der Waals surface area contributed by atoms with Gasteiger partial charge in [0.05, 0.1) is 13.5 Å². The lowest BCUT2D eigenvalue weighted by Crippen LogP contribution is -2.23. The Balaban J connectivity index is 1.36. The number of methoxy groups -OCH3 is 1. The van der Waals surface area contributed by atoms with Gasteiger partial charge in [-0.3, -0.25) is 4.79 Å². The molecule has 1 N–H and O–H groups in total. The van der Waals surface area contributed by atoms with Crippen molar-refractivity contribution in [1.82, 2.24) is 0 Å². The lowest BCUT2D eigenvalue weighted by molar-refractivity contribution is -0.138. The monoisotopic (exact) mass is 460 g/mol. The van der Waals surface area contributed by atoms with E-state index < -0.39 is 5.97 Å². The van der Waals surface area contributed by atoms with Crippen molar-refractivity contribution in [2.75, 3.05) is 7.11 Å². The molecule has 0 bridgehead atoms. The van der Waals surface area contributed by atoms with Crippen LogP contribution in [0.1, 0.15) is 60.8 Å². The molecule has 3 aromatic carbocycles. The topological polar surface area (TPSA) is 55.8 Å². The Morgan fingerprint density at radius 2 is 1.88 bits per heavy atom. The van der Waals surface area contributed by atoms with E-state index in [1.165, 1.54) is 12.5 Å². The molecular weight excluding hydrogens is 431 g/mol. The summed E-state index contributed by atoms with van der Waals surface area (Å²) in [6.45, 7) is 0. The zero-order valence-electron chi connectivity index (χ0n) is 19.3. The van der Waals surface area contributed by atoms with Crippen molar-refractivity contribution in [3.05, 3.63) is 83.2 Å². The summed E-state index contributed by atoms with van der Waals surface area (Å²) in [6, 6.07) is 18.8. The standard InChI is InChI=1S/C29H29FO4/c1-33-23-12-13-26(30)25(16-23)19-5-7-20(8-6-19)27-14-11-21-9-10-22(15-28(21)34-27)24(17-29(31)32)18-3-2-4-18/h5-10,12-13,15-16,18,24,27H,2-4,11,14,17H2,1H3,(H,31,32). The van der Waals surface area contributed by atoms with Crippen molar-refractivity contribution in [1.29, 1.82) is 0 Å². The molecular formula is C29H29FO4. The van der Waals surface area contributed by atoms with E-state index in [1.807, 2.05) is 24.3 Å². The molecule has 1 heterocycles. The van der Waals surface area contributed by atoms with Gasteiger partial charge < -0.3 is 14.6 Å². The van der Waals surface area contributed by atoms with E-state index in [9.17, 15) is 14.3 Å². The molecule has 2 unspecified atom stereocenters. The predicted octanol–water partition coefficient (Wildman–Crippen LogP) is 6.93. The van der Waals surface area contributed by atoms with Gasteiger partial charge in [0, 0.05) is 5.56 Å². The second-order valence-electron chi connectivity index (χ2n) is 9.38. The molecule has 0 radical (unpaired) electrons. The Morgan fingerprint density at radius 1 is 1.09 bits per heavy atom. The number of benzene rings is 3. The molecule has 1 saturated carbocycles. The zero-order chi connectivity index (χ0) is 23.7. The lowest BCUT2D eigenvalue weighted by Gasteiger charge is -2.34. The van der Waals surface area contributed by atoms with Crippen LogP contribution in [-0.4, -0.2) is 18.2 Å². The van der Waals surface area contributed by atoms with Gasteiger partial charge >= 0.3 is 5.97 Å². The molecule has 0 amide bonds. The molecule has 176 valence electrons. The quantitative estimate of drug-likeness (QED) is 0.416. The normalized spacial score (nSPS) is 18.4. The smallest absolute Gasteiger partial charge is 0.303 e. The van der Waals surface area contributed by atoms with Crippen molar-refractivity contribution < 1.29 is 23.8 Å². The van der Waals surface area contributed by atoms with E-state index in [4.69, 9.17) is 9.47 Å². The zero-order valence-corrected chi connectivity index (χ0v) is 19.3. The number of hydrogen-bond donors (Lipinski definition) is 1. The highest BCUT2D eigenvalue weighted by Crippen LogP contribution is 2.44. The van der Waals surface area contributed by atoms with E-state index in [1.54, 1.807) is 19.2 Å². The van der Waals surface area contributed by atoms with Crippen LogP contribution in [-0.2, 0) is 11.2 Å². The summed E-state index contributed by atoms with van der Waals surface area (Å²) in [5.74, 6) is 0.918. The second kappa shape index (κ2) is 9.49. The maximum absolute atomic E-state index is 14.4. The molecule has 3 aromatic rings. The highest BCUT2D eigenvalue weighted by Gasteiger charge is 2.31. The Labute approximate surface area is 199 Å². The third kappa shape index (κ3) is 4.52. The first kappa shape index (κ1) is 22.5. The summed E-state index contributed by atoms with van der Waals surface area (Å²) in [4.78, 5) is 11.5. The summed E-state index contributed by atoms with van der Waals surface area (Å²) < 4.78 is 26.0. The van der Waals surface area contributed by atoms with E-state index in [0.717, 1.165) is 53.7 Å². The van der Waals surface area contributed by atoms with Crippen molar-refractivity contribution in [2.45, 2.75) is 50.5 Å². The molecule has 1 aliphatic heterocycles. The van der Waals surface area contributed by atoms with Crippen LogP contribution >= 0.6 is 0 Å². The second-order valence-corrected chi connectivity index (χ2v) is 9.38. The largest absolute Gasteiger partial charge is 0.497 e. The summed E-state index contributed by atoms with van der Waals surface area (Å²) >= 11 is 0. The Kier molecular flexibility index (Phi) is 6.27. The molecule has 34 heavy (non-hydrogen) atoms. The average Bonchev–Trinajstić information content (AvgIpc) is 2.82. The Morgan fingerprint density at radius 3 is 2.56 bits per heavy atom. The first-order valence-corrected chi connectivity index (χ1v) is 12.0. The number of rotatable bonds is 7. The number of ether oxygens (including phenoxy) is 2. The van der Waals surface area contributed by atoms with Gasteiger partial charge in [0.15, 0.2) is 0 Å². The minimum atomic E-state index is -0.749. The van der Waals surface area contributed by atoms with Crippen LogP contribution in [0.2, 0.25) is 0 Å². The summed E-state index contributed by atoms with van der Waals surface area (Å²) in [5.41, 5.74) is 4.57. The SMILES string of the molecule is COc1ccc(F)c(-c2ccc(C3CCc4ccc(C(CC(=O)O)C5CCC5)cc4O3)cc2)c1. The number of aryl methyl sites for hydroxylation is 1. The number of carboxylic acids is 1. The fourth-order valence-electron chi connectivity index (χ4n) is 5.17. The first-order valence-electron chi connectivity index (χ1n) is 12.0. The van der Waals surface area contributed by atoms with E-state index in [0.29, 0.717) is 17.2 Å². The molecule has 2 aliphatic rings.